The average molecular weight is 493 g/mol. The molecule has 0 spiro atoms. The van der Waals surface area contributed by atoms with Crippen molar-refractivity contribution in [3.63, 3.8) is 0 Å². The van der Waals surface area contributed by atoms with Gasteiger partial charge in [0.05, 0.1) is 10.6 Å². The standard InChI is InChI=1S/C24H27Cl2FN4O2/c25-18-1-6-21(22(26)17-18)24(33)31-11-9-28(10-12-31)8-7-23(32)30-15-13-29(14-16-30)20-4-2-19(27)3-5-20/h1-6,17H,7-16H2. The highest BCUT2D eigenvalue weighted by atomic mass is 35.5. The van der Waals surface area contributed by atoms with Crippen LogP contribution < -0.4 is 4.90 Å². The zero-order chi connectivity index (χ0) is 23.4. The van der Waals surface area contributed by atoms with Crippen LogP contribution in [0.3, 0.4) is 0 Å². The topological polar surface area (TPSA) is 47.1 Å². The fourth-order valence-electron chi connectivity index (χ4n) is 4.29. The van der Waals surface area contributed by atoms with Crippen LogP contribution in [0, 0.1) is 5.82 Å². The minimum atomic E-state index is -0.244. The largest absolute Gasteiger partial charge is 0.368 e. The van der Waals surface area contributed by atoms with E-state index in [9.17, 15) is 14.0 Å². The first-order chi connectivity index (χ1) is 15.9. The number of hydrogen-bond acceptors (Lipinski definition) is 4. The minimum absolute atomic E-state index is 0.0913. The fourth-order valence-corrected chi connectivity index (χ4v) is 4.77. The number of nitrogens with zero attached hydrogens (tertiary/aromatic N) is 4. The van der Waals surface area contributed by atoms with Gasteiger partial charge in [0.1, 0.15) is 5.82 Å². The van der Waals surface area contributed by atoms with Crippen LogP contribution in [-0.4, -0.2) is 85.4 Å². The molecule has 2 fully saturated rings. The van der Waals surface area contributed by atoms with Gasteiger partial charge < -0.3 is 14.7 Å². The molecule has 0 aromatic heterocycles. The maximum atomic E-state index is 13.1. The Hall–Kier alpha value is -2.35. The molecule has 176 valence electrons. The van der Waals surface area contributed by atoms with E-state index in [-0.39, 0.29) is 17.6 Å². The molecule has 2 aromatic rings. The summed E-state index contributed by atoms with van der Waals surface area (Å²) in [5.74, 6) is -0.182. The molecule has 2 saturated heterocycles. The lowest BCUT2D eigenvalue weighted by atomic mass is 10.1. The molecule has 0 atom stereocenters. The summed E-state index contributed by atoms with van der Waals surface area (Å²) in [6, 6.07) is 11.4. The quantitative estimate of drug-likeness (QED) is 0.639. The lowest BCUT2D eigenvalue weighted by Crippen LogP contribution is -2.51. The molecular weight excluding hydrogens is 466 g/mol. The smallest absolute Gasteiger partial charge is 0.255 e. The van der Waals surface area contributed by atoms with Crippen LogP contribution in [0.2, 0.25) is 10.0 Å². The van der Waals surface area contributed by atoms with Gasteiger partial charge in [0, 0.05) is 76.0 Å². The van der Waals surface area contributed by atoms with E-state index in [0.29, 0.717) is 54.8 Å². The number of benzene rings is 2. The second kappa shape index (κ2) is 10.7. The number of carbonyl (C=O) groups excluding carboxylic acids is 2. The van der Waals surface area contributed by atoms with Gasteiger partial charge in [-0.25, -0.2) is 4.39 Å². The van der Waals surface area contributed by atoms with E-state index in [2.05, 4.69) is 9.80 Å². The molecule has 2 aliphatic heterocycles. The van der Waals surface area contributed by atoms with Gasteiger partial charge >= 0.3 is 0 Å². The number of rotatable bonds is 5. The molecule has 2 aromatic carbocycles. The molecule has 0 bridgehead atoms. The summed E-state index contributed by atoms with van der Waals surface area (Å²) in [5, 5.41) is 0.864. The summed E-state index contributed by atoms with van der Waals surface area (Å²) in [7, 11) is 0. The third-order valence-electron chi connectivity index (χ3n) is 6.29. The van der Waals surface area contributed by atoms with E-state index < -0.39 is 0 Å². The summed E-state index contributed by atoms with van der Waals surface area (Å²) in [4.78, 5) is 33.5. The van der Waals surface area contributed by atoms with Crippen molar-refractivity contribution in [2.45, 2.75) is 6.42 Å². The summed E-state index contributed by atoms with van der Waals surface area (Å²) in [5.41, 5.74) is 1.44. The molecule has 6 nitrogen and oxygen atoms in total. The SMILES string of the molecule is O=C(CCN1CCN(C(=O)c2ccc(Cl)cc2Cl)CC1)N1CCN(c2ccc(F)cc2)CC1. The number of hydrogen-bond donors (Lipinski definition) is 0. The average Bonchev–Trinajstić information content (AvgIpc) is 2.83. The minimum Gasteiger partial charge on any atom is -0.368 e. The van der Waals surface area contributed by atoms with Gasteiger partial charge in [0.2, 0.25) is 5.91 Å². The molecule has 9 heteroatoms. The molecule has 2 amide bonds. The second-order valence-electron chi connectivity index (χ2n) is 8.35. The Morgan fingerprint density at radius 3 is 2.09 bits per heavy atom. The normalized spacial score (nSPS) is 17.4. The van der Waals surface area contributed by atoms with Crippen LogP contribution in [0.5, 0.6) is 0 Å². The van der Waals surface area contributed by atoms with Crippen LogP contribution >= 0.6 is 23.2 Å². The van der Waals surface area contributed by atoms with Crippen molar-refractivity contribution < 1.29 is 14.0 Å². The van der Waals surface area contributed by atoms with Crippen molar-refractivity contribution in [2.75, 3.05) is 63.8 Å². The first-order valence-corrected chi connectivity index (χ1v) is 11.9. The molecule has 0 unspecified atom stereocenters. The number of carbonyl (C=O) groups is 2. The third kappa shape index (κ3) is 5.96. The number of halogens is 3. The van der Waals surface area contributed by atoms with Crippen molar-refractivity contribution >= 4 is 40.7 Å². The Kier molecular flexibility index (Phi) is 7.73. The summed E-state index contributed by atoms with van der Waals surface area (Å²) in [6.07, 6.45) is 0.466. The van der Waals surface area contributed by atoms with Crippen molar-refractivity contribution in [1.29, 1.82) is 0 Å². The predicted molar refractivity (Wildman–Crippen MR) is 129 cm³/mol. The van der Waals surface area contributed by atoms with E-state index in [0.717, 1.165) is 31.9 Å². The van der Waals surface area contributed by atoms with Crippen molar-refractivity contribution in [3.8, 4) is 0 Å². The van der Waals surface area contributed by atoms with Gasteiger partial charge in [-0.15, -0.1) is 0 Å². The van der Waals surface area contributed by atoms with Crippen LogP contribution in [0.1, 0.15) is 16.8 Å². The maximum absolute atomic E-state index is 13.1. The number of amides is 2. The Bertz CT molecular complexity index is 988. The fraction of sp³-hybridized carbons (Fsp3) is 0.417. The van der Waals surface area contributed by atoms with Crippen molar-refractivity contribution in [2.24, 2.45) is 0 Å². The molecule has 0 radical (unpaired) electrons. The van der Waals surface area contributed by atoms with E-state index in [1.807, 2.05) is 4.90 Å². The Morgan fingerprint density at radius 2 is 1.45 bits per heavy atom. The summed E-state index contributed by atoms with van der Waals surface area (Å²) in [6.45, 7) is 6.15. The van der Waals surface area contributed by atoms with Gasteiger partial charge in [-0.3, -0.25) is 14.5 Å². The highest BCUT2D eigenvalue weighted by Crippen LogP contribution is 2.23. The highest BCUT2D eigenvalue weighted by Gasteiger charge is 2.25. The molecule has 2 heterocycles. The number of anilines is 1. The lowest BCUT2D eigenvalue weighted by molar-refractivity contribution is -0.131. The monoisotopic (exact) mass is 492 g/mol. The molecule has 33 heavy (non-hydrogen) atoms. The van der Waals surface area contributed by atoms with Gasteiger partial charge in [-0.05, 0) is 42.5 Å². The van der Waals surface area contributed by atoms with Crippen LogP contribution in [0.25, 0.3) is 0 Å². The molecule has 0 aliphatic carbocycles. The van der Waals surface area contributed by atoms with Crippen molar-refractivity contribution in [3.05, 3.63) is 63.9 Å². The second-order valence-corrected chi connectivity index (χ2v) is 9.20. The maximum Gasteiger partial charge on any atom is 0.255 e. The molecule has 4 rings (SSSR count). The van der Waals surface area contributed by atoms with Crippen LogP contribution in [0.4, 0.5) is 10.1 Å². The molecular formula is C24H27Cl2FN4O2. The van der Waals surface area contributed by atoms with E-state index in [1.54, 1.807) is 35.2 Å². The highest BCUT2D eigenvalue weighted by molar-refractivity contribution is 6.36. The van der Waals surface area contributed by atoms with Gasteiger partial charge in [0.25, 0.3) is 5.91 Å². The first-order valence-electron chi connectivity index (χ1n) is 11.2. The Morgan fingerprint density at radius 1 is 0.818 bits per heavy atom. The molecule has 0 N–H and O–H groups in total. The van der Waals surface area contributed by atoms with Gasteiger partial charge in [-0.2, -0.15) is 0 Å². The van der Waals surface area contributed by atoms with E-state index in [4.69, 9.17) is 23.2 Å². The zero-order valence-corrected chi connectivity index (χ0v) is 19.9. The lowest BCUT2D eigenvalue weighted by Gasteiger charge is -2.37. The zero-order valence-electron chi connectivity index (χ0n) is 18.4. The third-order valence-corrected chi connectivity index (χ3v) is 6.83. The molecule has 0 saturated carbocycles. The Balaban J connectivity index is 1.19. The van der Waals surface area contributed by atoms with Crippen molar-refractivity contribution in [1.82, 2.24) is 14.7 Å². The molecule has 2 aliphatic rings. The first kappa shape index (κ1) is 23.8. The van der Waals surface area contributed by atoms with Crippen LogP contribution in [-0.2, 0) is 4.79 Å². The number of piperazine rings is 2. The van der Waals surface area contributed by atoms with Crippen LogP contribution in [0.15, 0.2) is 42.5 Å². The van der Waals surface area contributed by atoms with Gasteiger partial charge in [0.15, 0.2) is 0 Å². The van der Waals surface area contributed by atoms with E-state index >= 15 is 0 Å². The van der Waals surface area contributed by atoms with Gasteiger partial charge in [-0.1, -0.05) is 23.2 Å². The predicted octanol–water partition coefficient (Wildman–Crippen LogP) is 3.63. The Labute approximate surface area is 203 Å². The van der Waals surface area contributed by atoms with E-state index in [1.165, 1.54) is 12.1 Å². The summed E-state index contributed by atoms with van der Waals surface area (Å²) >= 11 is 12.1. The summed E-state index contributed by atoms with van der Waals surface area (Å²) < 4.78 is 13.1.